The summed E-state index contributed by atoms with van der Waals surface area (Å²) in [6, 6.07) is 11.6. The van der Waals surface area contributed by atoms with Crippen molar-refractivity contribution < 1.29 is 24.2 Å². The molecule has 8 heteroatoms. The number of ether oxygens (including phenoxy) is 1. The second-order valence-electron chi connectivity index (χ2n) is 9.79. The van der Waals surface area contributed by atoms with Crippen LogP contribution in [0.1, 0.15) is 58.7 Å². The molecule has 0 aliphatic carbocycles. The Labute approximate surface area is 207 Å². The lowest BCUT2D eigenvalue weighted by Gasteiger charge is -2.35. The number of aryl methyl sites for hydroxylation is 1. The molecular weight excluding hydrogens is 446 g/mol. The normalized spacial score (nSPS) is 13.0. The molecule has 3 amide bonds. The fourth-order valence-corrected chi connectivity index (χ4v) is 3.67. The first-order valence-electron chi connectivity index (χ1n) is 11.8. The Bertz CT molecular complexity index is 1050. The summed E-state index contributed by atoms with van der Waals surface area (Å²) in [7, 11) is 0. The van der Waals surface area contributed by atoms with Crippen LogP contribution in [-0.4, -0.2) is 46.1 Å². The van der Waals surface area contributed by atoms with E-state index in [0.29, 0.717) is 11.3 Å². The standard InChI is InChI=1S/C27H37N3O5/c1-8-30(25(33)22(17(2)3)29-26(34)35-27(5,6)7)23(19-13-11-14-20(31)16-19)24(32)28-21-15-10-9-12-18(21)4/h9-17,22-23,31H,8H2,1-7H3,(H,28,32)(H,29,34). The molecule has 0 aliphatic rings. The molecule has 0 radical (unpaired) electrons. The number of likely N-dealkylation sites (N-methyl/N-ethyl adjacent to an activating group) is 1. The van der Waals surface area contributed by atoms with Gasteiger partial charge in [0.2, 0.25) is 5.91 Å². The third kappa shape index (κ3) is 7.73. The van der Waals surface area contributed by atoms with Crippen LogP contribution in [0.5, 0.6) is 5.75 Å². The summed E-state index contributed by atoms with van der Waals surface area (Å²) < 4.78 is 5.35. The third-order valence-electron chi connectivity index (χ3n) is 5.38. The first-order valence-corrected chi connectivity index (χ1v) is 11.8. The zero-order chi connectivity index (χ0) is 26.3. The van der Waals surface area contributed by atoms with Gasteiger partial charge in [-0.3, -0.25) is 9.59 Å². The maximum atomic E-state index is 13.8. The highest BCUT2D eigenvalue weighted by atomic mass is 16.6. The van der Waals surface area contributed by atoms with Gasteiger partial charge in [0.1, 0.15) is 23.4 Å². The number of phenolic OH excluding ortho intramolecular Hbond substituents is 1. The third-order valence-corrected chi connectivity index (χ3v) is 5.38. The quantitative estimate of drug-likeness (QED) is 0.501. The summed E-state index contributed by atoms with van der Waals surface area (Å²) >= 11 is 0. The van der Waals surface area contributed by atoms with E-state index in [-0.39, 0.29) is 18.2 Å². The van der Waals surface area contributed by atoms with E-state index in [9.17, 15) is 19.5 Å². The summed E-state index contributed by atoms with van der Waals surface area (Å²) in [6.07, 6.45) is -0.709. The number of nitrogens with one attached hydrogen (secondary N) is 2. The van der Waals surface area contributed by atoms with Crippen molar-refractivity contribution in [2.45, 2.75) is 66.2 Å². The summed E-state index contributed by atoms with van der Waals surface area (Å²) in [6.45, 7) is 12.7. The van der Waals surface area contributed by atoms with Crippen molar-refractivity contribution in [1.82, 2.24) is 10.2 Å². The lowest BCUT2D eigenvalue weighted by molar-refractivity contribution is -0.141. The van der Waals surface area contributed by atoms with Gasteiger partial charge < -0.3 is 25.4 Å². The molecule has 190 valence electrons. The maximum absolute atomic E-state index is 13.8. The molecule has 2 aromatic rings. The lowest BCUT2D eigenvalue weighted by Crippen LogP contribution is -2.54. The predicted molar refractivity (Wildman–Crippen MR) is 136 cm³/mol. The van der Waals surface area contributed by atoms with Crippen LogP contribution in [0.3, 0.4) is 0 Å². The number of para-hydroxylation sites is 1. The molecule has 2 rings (SSSR count). The fraction of sp³-hybridized carbons (Fsp3) is 0.444. The number of alkyl carbamates (subject to hydrolysis) is 1. The number of aromatic hydroxyl groups is 1. The molecule has 0 saturated heterocycles. The van der Waals surface area contributed by atoms with E-state index in [1.54, 1.807) is 45.9 Å². The lowest BCUT2D eigenvalue weighted by atomic mass is 9.98. The van der Waals surface area contributed by atoms with Gasteiger partial charge in [0.05, 0.1) is 0 Å². The van der Waals surface area contributed by atoms with Crippen LogP contribution in [0.4, 0.5) is 10.5 Å². The smallest absolute Gasteiger partial charge is 0.408 e. The first kappa shape index (κ1) is 27.7. The number of amides is 3. The maximum Gasteiger partial charge on any atom is 0.408 e. The average Bonchev–Trinajstić information content (AvgIpc) is 2.75. The molecule has 0 fully saturated rings. The minimum absolute atomic E-state index is 0.0213. The molecule has 2 aromatic carbocycles. The van der Waals surface area contributed by atoms with Crippen molar-refractivity contribution in [3.63, 3.8) is 0 Å². The summed E-state index contributed by atoms with van der Waals surface area (Å²) in [4.78, 5) is 41.2. The zero-order valence-corrected chi connectivity index (χ0v) is 21.6. The molecule has 2 atom stereocenters. The van der Waals surface area contributed by atoms with Gasteiger partial charge in [-0.15, -0.1) is 0 Å². The van der Waals surface area contributed by atoms with Crippen LogP contribution in [-0.2, 0) is 14.3 Å². The highest BCUT2D eigenvalue weighted by molar-refractivity contribution is 5.99. The number of carbonyl (C=O) groups excluding carboxylic acids is 3. The van der Waals surface area contributed by atoms with E-state index in [1.165, 1.54) is 17.0 Å². The minimum atomic E-state index is -1.04. The van der Waals surface area contributed by atoms with Crippen molar-refractivity contribution in [2.24, 2.45) is 5.92 Å². The number of benzene rings is 2. The molecule has 8 nitrogen and oxygen atoms in total. The summed E-state index contributed by atoms with van der Waals surface area (Å²) in [5, 5.41) is 15.7. The predicted octanol–water partition coefficient (Wildman–Crippen LogP) is 4.78. The van der Waals surface area contributed by atoms with Crippen LogP contribution in [0.2, 0.25) is 0 Å². The number of phenols is 1. The number of hydrogen-bond acceptors (Lipinski definition) is 5. The topological polar surface area (TPSA) is 108 Å². The van der Waals surface area contributed by atoms with Crippen LogP contribution >= 0.6 is 0 Å². The number of anilines is 1. The van der Waals surface area contributed by atoms with Crippen molar-refractivity contribution in [2.75, 3.05) is 11.9 Å². The van der Waals surface area contributed by atoms with Gasteiger partial charge in [-0.25, -0.2) is 4.79 Å². The Morgan fingerprint density at radius 3 is 2.26 bits per heavy atom. The van der Waals surface area contributed by atoms with E-state index in [1.807, 2.05) is 39.0 Å². The monoisotopic (exact) mass is 483 g/mol. The second kappa shape index (κ2) is 11.7. The van der Waals surface area contributed by atoms with E-state index >= 15 is 0 Å². The molecule has 2 unspecified atom stereocenters. The Morgan fingerprint density at radius 1 is 1.06 bits per heavy atom. The van der Waals surface area contributed by atoms with E-state index in [4.69, 9.17) is 4.74 Å². The minimum Gasteiger partial charge on any atom is -0.508 e. The van der Waals surface area contributed by atoms with E-state index in [0.717, 1.165) is 5.56 Å². The molecule has 0 heterocycles. The molecule has 0 bridgehead atoms. The molecular formula is C27H37N3O5. The number of rotatable bonds is 8. The van der Waals surface area contributed by atoms with Crippen molar-refractivity contribution in [3.05, 3.63) is 59.7 Å². The largest absolute Gasteiger partial charge is 0.508 e. The van der Waals surface area contributed by atoms with Gasteiger partial charge in [-0.1, -0.05) is 44.2 Å². The zero-order valence-electron chi connectivity index (χ0n) is 21.6. The SMILES string of the molecule is CCN(C(=O)C(NC(=O)OC(C)(C)C)C(C)C)C(C(=O)Nc1ccccc1C)c1cccc(O)c1. The Morgan fingerprint density at radius 2 is 1.71 bits per heavy atom. The molecule has 0 aromatic heterocycles. The summed E-state index contributed by atoms with van der Waals surface area (Å²) in [5.74, 6) is -1.15. The van der Waals surface area contributed by atoms with Gasteiger partial charge in [0.25, 0.3) is 5.91 Å². The van der Waals surface area contributed by atoms with Crippen LogP contribution in [0.25, 0.3) is 0 Å². The van der Waals surface area contributed by atoms with Crippen LogP contribution in [0, 0.1) is 12.8 Å². The first-order chi connectivity index (χ1) is 16.3. The second-order valence-corrected chi connectivity index (χ2v) is 9.79. The van der Waals surface area contributed by atoms with Gasteiger partial charge in [-0.05, 0) is 69.9 Å². The van der Waals surface area contributed by atoms with Crippen molar-refractivity contribution >= 4 is 23.6 Å². The number of nitrogens with zero attached hydrogens (tertiary/aromatic N) is 1. The van der Waals surface area contributed by atoms with Crippen LogP contribution in [0.15, 0.2) is 48.5 Å². The molecule has 0 saturated carbocycles. The Balaban J connectivity index is 2.44. The Kier molecular flexibility index (Phi) is 9.28. The molecule has 3 N–H and O–H groups in total. The van der Waals surface area contributed by atoms with Gasteiger partial charge in [-0.2, -0.15) is 0 Å². The van der Waals surface area contributed by atoms with E-state index in [2.05, 4.69) is 10.6 Å². The molecule has 0 aliphatic heterocycles. The number of carbonyl (C=O) groups is 3. The van der Waals surface area contributed by atoms with Gasteiger partial charge in [0, 0.05) is 12.2 Å². The molecule has 0 spiro atoms. The Hall–Kier alpha value is -3.55. The van der Waals surface area contributed by atoms with Crippen molar-refractivity contribution in [1.29, 1.82) is 0 Å². The fourth-order valence-electron chi connectivity index (χ4n) is 3.67. The highest BCUT2D eigenvalue weighted by Gasteiger charge is 2.37. The van der Waals surface area contributed by atoms with Crippen LogP contribution < -0.4 is 10.6 Å². The van der Waals surface area contributed by atoms with Gasteiger partial charge in [0.15, 0.2) is 0 Å². The van der Waals surface area contributed by atoms with Gasteiger partial charge >= 0.3 is 6.09 Å². The van der Waals surface area contributed by atoms with E-state index < -0.39 is 35.6 Å². The highest BCUT2D eigenvalue weighted by Crippen LogP contribution is 2.28. The summed E-state index contributed by atoms with van der Waals surface area (Å²) in [5.41, 5.74) is 1.22. The van der Waals surface area contributed by atoms with Crippen molar-refractivity contribution in [3.8, 4) is 5.75 Å². The molecule has 35 heavy (non-hydrogen) atoms. The average molecular weight is 484 g/mol. The number of hydrogen-bond donors (Lipinski definition) is 3.